The van der Waals surface area contributed by atoms with E-state index in [1.54, 1.807) is 20.8 Å². The standard InChI is InChI=1S/C18H27N3O6/c1-6-26-17(24)14-10(4)15(20-11(14)5)13(22)8-27-16(23)12(7-9(2)3)21-18(19)25/h9,12,20H,6-8H2,1-5H3,(H3,19,21,25)/t12-/m1/s1. The van der Waals surface area contributed by atoms with Crippen molar-refractivity contribution in [3.05, 3.63) is 22.5 Å². The van der Waals surface area contributed by atoms with Crippen LogP contribution in [0.2, 0.25) is 0 Å². The highest BCUT2D eigenvalue weighted by atomic mass is 16.5. The summed E-state index contributed by atoms with van der Waals surface area (Å²) in [6, 6.07) is -1.78. The quantitative estimate of drug-likeness (QED) is 0.438. The van der Waals surface area contributed by atoms with Crippen LogP contribution in [0.3, 0.4) is 0 Å². The highest BCUT2D eigenvalue weighted by Crippen LogP contribution is 2.19. The molecular formula is C18H27N3O6. The fraction of sp³-hybridized carbons (Fsp3) is 0.556. The minimum absolute atomic E-state index is 0.102. The van der Waals surface area contributed by atoms with Crippen molar-refractivity contribution in [2.75, 3.05) is 13.2 Å². The van der Waals surface area contributed by atoms with Gasteiger partial charge in [-0.15, -0.1) is 0 Å². The molecule has 1 rings (SSSR count). The van der Waals surface area contributed by atoms with Gasteiger partial charge in [-0.25, -0.2) is 14.4 Å². The summed E-state index contributed by atoms with van der Waals surface area (Å²) in [5.41, 5.74) is 6.46. The number of aromatic nitrogens is 1. The lowest BCUT2D eigenvalue weighted by molar-refractivity contribution is -0.145. The predicted octanol–water partition coefficient (Wildman–Crippen LogP) is 1.62. The Bertz CT molecular complexity index is 723. The summed E-state index contributed by atoms with van der Waals surface area (Å²) < 4.78 is 10.0. The number of H-pyrrole nitrogens is 1. The van der Waals surface area contributed by atoms with Crippen molar-refractivity contribution in [2.24, 2.45) is 11.7 Å². The van der Waals surface area contributed by atoms with Crippen LogP contribution in [0.1, 0.15) is 59.3 Å². The third kappa shape index (κ3) is 6.12. The second-order valence-electron chi connectivity index (χ2n) is 6.57. The molecule has 1 heterocycles. The molecule has 0 saturated heterocycles. The lowest BCUT2D eigenvalue weighted by Crippen LogP contribution is -2.45. The molecule has 4 N–H and O–H groups in total. The van der Waals surface area contributed by atoms with E-state index in [0.29, 0.717) is 23.2 Å². The van der Waals surface area contributed by atoms with Crippen molar-refractivity contribution in [3.8, 4) is 0 Å². The fourth-order valence-corrected chi connectivity index (χ4v) is 2.70. The number of nitrogens with two attached hydrogens (primary N) is 1. The number of urea groups is 1. The number of amides is 2. The first kappa shape index (κ1) is 22.2. The van der Waals surface area contributed by atoms with Crippen LogP contribution >= 0.6 is 0 Å². The number of esters is 2. The zero-order valence-electron chi connectivity index (χ0n) is 16.3. The molecule has 1 atom stereocenters. The number of nitrogens with one attached hydrogen (secondary N) is 2. The van der Waals surface area contributed by atoms with E-state index >= 15 is 0 Å². The Hall–Kier alpha value is -2.84. The number of carbonyl (C=O) groups is 4. The molecule has 0 aliphatic carbocycles. The molecule has 2 amide bonds. The van der Waals surface area contributed by atoms with Gasteiger partial charge in [0, 0.05) is 5.69 Å². The zero-order valence-corrected chi connectivity index (χ0v) is 16.3. The van der Waals surface area contributed by atoms with Crippen LogP contribution in [0.25, 0.3) is 0 Å². The topological polar surface area (TPSA) is 141 Å². The summed E-state index contributed by atoms with van der Waals surface area (Å²) in [4.78, 5) is 50.5. The Morgan fingerprint density at radius 1 is 1.15 bits per heavy atom. The predicted molar refractivity (Wildman–Crippen MR) is 97.5 cm³/mol. The van der Waals surface area contributed by atoms with Crippen molar-refractivity contribution in [3.63, 3.8) is 0 Å². The molecule has 0 unspecified atom stereocenters. The van der Waals surface area contributed by atoms with E-state index in [1.807, 2.05) is 13.8 Å². The Labute approximate surface area is 158 Å². The molecule has 27 heavy (non-hydrogen) atoms. The molecule has 0 aliphatic rings. The molecule has 0 bridgehead atoms. The van der Waals surface area contributed by atoms with E-state index < -0.39 is 36.4 Å². The number of hydrogen-bond acceptors (Lipinski definition) is 6. The molecule has 150 valence electrons. The van der Waals surface area contributed by atoms with Gasteiger partial charge in [0.1, 0.15) is 6.04 Å². The number of ketones is 1. The van der Waals surface area contributed by atoms with Gasteiger partial charge in [0.05, 0.1) is 17.9 Å². The van der Waals surface area contributed by atoms with E-state index in [4.69, 9.17) is 15.2 Å². The number of ether oxygens (including phenoxy) is 2. The fourth-order valence-electron chi connectivity index (χ4n) is 2.70. The first-order chi connectivity index (χ1) is 12.6. The number of rotatable bonds is 9. The van der Waals surface area contributed by atoms with Gasteiger partial charge in [-0.05, 0) is 38.7 Å². The summed E-state index contributed by atoms with van der Waals surface area (Å²) in [5.74, 6) is -1.67. The number of hydrogen-bond donors (Lipinski definition) is 3. The largest absolute Gasteiger partial charge is 0.462 e. The van der Waals surface area contributed by atoms with E-state index in [9.17, 15) is 19.2 Å². The molecule has 0 spiro atoms. The molecule has 0 aliphatic heterocycles. The maximum Gasteiger partial charge on any atom is 0.340 e. The molecule has 0 saturated carbocycles. The van der Waals surface area contributed by atoms with Crippen molar-refractivity contribution in [1.82, 2.24) is 10.3 Å². The van der Waals surface area contributed by atoms with Gasteiger partial charge in [0.25, 0.3) is 0 Å². The van der Waals surface area contributed by atoms with Crippen molar-refractivity contribution in [1.29, 1.82) is 0 Å². The Morgan fingerprint density at radius 3 is 2.30 bits per heavy atom. The number of primary amides is 1. The van der Waals surface area contributed by atoms with Gasteiger partial charge >= 0.3 is 18.0 Å². The Morgan fingerprint density at radius 2 is 1.78 bits per heavy atom. The minimum Gasteiger partial charge on any atom is -0.462 e. The molecular weight excluding hydrogens is 354 g/mol. The highest BCUT2D eigenvalue weighted by molar-refractivity contribution is 6.02. The Balaban J connectivity index is 2.84. The maximum absolute atomic E-state index is 12.4. The average molecular weight is 381 g/mol. The molecule has 9 heteroatoms. The lowest BCUT2D eigenvalue weighted by Gasteiger charge is -2.18. The number of carbonyl (C=O) groups excluding carboxylic acids is 4. The number of aromatic amines is 1. The summed E-state index contributed by atoms with van der Waals surface area (Å²) >= 11 is 0. The van der Waals surface area contributed by atoms with Crippen molar-refractivity contribution < 1.29 is 28.7 Å². The van der Waals surface area contributed by atoms with Crippen LogP contribution in [0.15, 0.2) is 0 Å². The summed E-state index contributed by atoms with van der Waals surface area (Å²) in [7, 11) is 0. The number of aryl methyl sites for hydroxylation is 1. The van der Waals surface area contributed by atoms with Gasteiger partial charge in [0.15, 0.2) is 6.61 Å². The first-order valence-corrected chi connectivity index (χ1v) is 8.70. The van der Waals surface area contributed by atoms with E-state index in [-0.39, 0.29) is 18.2 Å². The highest BCUT2D eigenvalue weighted by Gasteiger charge is 2.26. The van der Waals surface area contributed by atoms with Crippen LogP contribution in [0.4, 0.5) is 4.79 Å². The van der Waals surface area contributed by atoms with E-state index in [1.165, 1.54) is 0 Å². The molecule has 9 nitrogen and oxygen atoms in total. The van der Waals surface area contributed by atoms with Gasteiger partial charge in [-0.3, -0.25) is 4.79 Å². The maximum atomic E-state index is 12.4. The van der Waals surface area contributed by atoms with Crippen LogP contribution in [-0.4, -0.2) is 48.0 Å². The SMILES string of the molecule is CCOC(=O)c1c(C)[nH]c(C(=O)COC(=O)[C@@H](CC(C)C)NC(N)=O)c1C. The van der Waals surface area contributed by atoms with Crippen LogP contribution in [0.5, 0.6) is 0 Å². The summed E-state index contributed by atoms with van der Waals surface area (Å²) in [6.45, 7) is 8.38. The van der Waals surface area contributed by atoms with Gasteiger partial charge in [-0.2, -0.15) is 0 Å². The second kappa shape index (κ2) is 9.75. The normalized spacial score (nSPS) is 11.8. The molecule has 0 aromatic carbocycles. The monoisotopic (exact) mass is 381 g/mol. The number of Topliss-reactive ketones (excluding diaryl/α,β-unsaturated/α-hetero) is 1. The summed E-state index contributed by atoms with van der Waals surface area (Å²) in [5, 5.41) is 2.31. The van der Waals surface area contributed by atoms with Crippen molar-refractivity contribution >= 4 is 23.8 Å². The smallest absolute Gasteiger partial charge is 0.340 e. The van der Waals surface area contributed by atoms with Crippen LogP contribution in [0, 0.1) is 19.8 Å². The first-order valence-electron chi connectivity index (χ1n) is 8.70. The summed E-state index contributed by atoms with van der Waals surface area (Å²) in [6.07, 6.45) is 0.323. The van der Waals surface area contributed by atoms with Gasteiger partial charge < -0.3 is 25.5 Å². The van der Waals surface area contributed by atoms with E-state index in [0.717, 1.165) is 0 Å². The lowest BCUT2D eigenvalue weighted by atomic mass is 10.0. The van der Waals surface area contributed by atoms with Gasteiger partial charge in [-0.1, -0.05) is 13.8 Å². The van der Waals surface area contributed by atoms with Crippen molar-refractivity contribution in [2.45, 2.75) is 47.1 Å². The molecule has 0 fully saturated rings. The zero-order chi connectivity index (χ0) is 20.7. The van der Waals surface area contributed by atoms with Gasteiger partial charge in [0.2, 0.25) is 5.78 Å². The van der Waals surface area contributed by atoms with Crippen LogP contribution < -0.4 is 11.1 Å². The molecule has 1 aromatic heterocycles. The molecule has 1 aromatic rings. The average Bonchev–Trinajstić information content (AvgIpc) is 2.85. The van der Waals surface area contributed by atoms with E-state index in [2.05, 4.69) is 10.3 Å². The molecule has 0 radical (unpaired) electrons. The Kier molecular flexibility index (Phi) is 8.01. The third-order valence-corrected chi connectivity index (χ3v) is 3.85. The van der Waals surface area contributed by atoms with Crippen LogP contribution in [-0.2, 0) is 14.3 Å². The minimum atomic E-state index is -0.933. The third-order valence-electron chi connectivity index (χ3n) is 3.85. The second-order valence-corrected chi connectivity index (χ2v) is 6.57.